The molecule has 0 saturated carbocycles. The summed E-state index contributed by atoms with van der Waals surface area (Å²) in [7, 11) is 0. The van der Waals surface area contributed by atoms with Crippen molar-refractivity contribution < 1.29 is 28.9 Å². The number of rotatable bonds is 12. The third-order valence-corrected chi connectivity index (χ3v) is 8.39. The summed E-state index contributed by atoms with van der Waals surface area (Å²) < 4.78 is 22.2. The van der Waals surface area contributed by atoms with Gasteiger partial charge in [0.15, 0.2) is 6.34 Å². The molecule has 25 heavy (non-hydrogen) atoms. The van der Waals surface area contributed by atoms with Crippen molar-refractivity contribution in [2.75, 3.05) is 12.3 Å². The number of carboxylic acid groups (broad SMARTS) is 2. The fourth-order valence-electron chi connectivity index (χ4n) is 2.68. The molecule has 140 valence electrons. The van der Waals surface area contributed by atoms with Crippen molar-refractivity contribution in [3.63, 3.8) is 0 Å². The molecule has 0 aliphatic heterocycles. The Balaban J connectivity index is 2.58. The van der Waals surface area contributed by atoms with Crippen molar-refractivity contribution in [2.45, 2.75) is 38.5 Å². The van der Waals surface area contributed by atoms with E-state index in [1.165, 1.54) is 5.56 Å². The molecular weight excluding hydrogens is 363 g/mol. The van der Waals surface area contributed by atoms with Crippen molar-refractivity contribution in [1.29, 1.82) is 0 Å². The first-order valence-electron chi connectivity index (χ1n) is 8.18. The minimum atomic E-state index is -3.12. The van der Waals surface area contributed by atoms with Gasteiger partial charge in [0.05, 0.1) is 17.6 Å². The fraction of sp³-hybridized carbons (Fsp3) is 0.529. The highest BCUT2D eigenvalue weighted by Crippen LogP contribution is 2.59. The molecule has 1 aromatic carbocycles. The van der Waals surface area contributed by atoms with Gasteiger partial charge in [-0.1, -0.05) is 37.3 Å². The number of hydrogen-bond acceptors (Lipinski definition) is 5. The summed E-state index contributed by atoms with van der Waals surface area (Å²) in [5.74, 6) is -3.00. The van der Waals surface area contributed by atoms with Gasteiger partial charge < -0.3 is 19.3 Å². The van der Waals surface area contributed by atoms with E-state index in [0.717, 1.165) is 6.42 Å². The molecule has 0 saturated heterocycles. The van der Waals surface area contributed by atoms with Gasteiger partial charge in [0.2, 0.25) is 0 Å². The first kappa shape index (κ1) is 21.7. The summed E-state index contributed by atoms with van der Waals surface area (Å²) in [4.78, 5) is 21.9. The second kappa shape index (κ2) is 10.6. The van der Waals surface area contributed by atoms with Crippen LogP contribution in [0.2, 0.25) is 0 Å². The molecule has 1 rings (SSSR count). The fourth-order valence-corrected chi connectivity index (χ4v) is 6.06. The second-order valence-corrected chi connectivity index (χ2v) is 11.3. The van der Waals surface area contributed by atoms with Crippen molar-refractivity contribution in [3.05, 3.63) is 35.9 Å². The smallest absolute Gasteiger partial charge is 0.307 e. The summed E-state index contributed by atoms with van der Waals surface area (Å²) in [6.07, 6.45) is -2.06. The van der Waals surface area contributed by atoms with E-state index in [9.17, 15) is 23.8 Å². The van der Waals surface area contributed by atoms with Crippen molar-refractivity contribution >= 4 is 29.9 Å². The lowest BCUT2D eigenvalue weighted by Gasteiger charge is -2.19. The number of benzene rings is 1. The van der Waals surface area contributed by atoms with Crippen molar-refractivity contribution in [3.8, 4) is 0 Å². The van der Waals surface area contributed by atoms with Crippen LogP contribution in [0.3, 0.4) is 0 Å². The van der Waals surface area contributed by atoms with Crippen molar-refractivity contribution in [1.82, 2.24) is 0 Å². The lowest BCUT2D eigenvalue weighted by Crippen LogP contribution is -2.19. The Labute approximate surface area is 152 Å². The second-order valence-electron chi connectivity index (χ2n) is 6.22. The summed E-state index contributed by atoms with van der Waals surface area (Å²) in [5.41, 5.74) is 1.18. The SMILES string of the molecule is CC(CCCP(=O)(CC(CCC(=O)O)C(=O)O)SO)c1ccccc1. The van der Waals surface area contributed by atoms with Gasteiger partial charge in [-0.05, 0) is 30.7 Å². The molecule has 3 N–H and O–H groups in total. The highest BCUT2D eigenvalue weighted by molar-refractivity contribution is 8.55. The molecule has 0 aliphatic rings. The summed E-state index contributed by atoms with van der Waals surface area (Å²) in [6, 6.07) is 9.91. The third kappa shape index (κ3) is 8.08. The number of carbonyl (C=O) groups is 2. The van der Waals surface area contributed by atoms with Crippen LogP contribution < -0.4 is 0 Å². The first-order chi connectivity index (χ1) is 11.8. The zero-order valence-corrected chi connectivity index (χ0v) is 15.9. The molecule has 1 aromatic rings. The Hall–Kier alpha value is -1.30. The number of aliphatic carboxylic acids is 2. The van der Waals surface area contributed by atoms with E-state index in [2.05, 4.69) is 6.92 Å². The predicted molar refractivity (Wildman–Crippen MR) is 99.6 cm³/mol. The molecule has 8 heteroatoms. The van der Waals surface area contributed by atoms with Gasteiger partial charge in [-0.3, -0.25) is 9.59 Å². The van der Waals surface area contributed by atoms with Gasteiger partial charge in [-0.25, -0.2) is 0 Å². The molecule has 3 unspecified atom stereocenters. The summed E-state index contributed by atoms with van der Waals surface area (Å²) >= 11 is 0.244. The molecule has 0 aliphatic carbocycles. The van der Waals surface area contributed by atoms with Gasteiger partial charge in [0.25, 0.3) is 0 Å². The van der Waals surface area contributed by atoms with Gasteiger partial charge in [-0.2, -0.15) is 0 Å². The minimum absolute atomic E-state index is 0.0877. The molecule has 0 bridgehead atoms. The van der Waals surface area contributed by atoms with Crippen LogP contribution >= 0.6 is 18.0 Å². The molecular formula is C17H25O6PS. The van der Waals surface area contributed by atoms with E-state index < -0.39 is 24.2 Å². The number of carboxylic acids is 2. The van der Waals surface area contributed by atoms with Crippen LogP contribution in [-0.4, -0.2) is 39.0 Å². The van der Waals surface area contributed by atoms with E-state index in [1.807, 2.05) is 30.3 Å². The van der Waals surface area contributed by atoms with Crippen LogP contribution in [0, 0.1) is 5.92 Å². The van der Waals surface area contributed by atoms with Crippen LogP contribution in [0.15, 0.2) is 30.3 Å². The molecule has 6 nitrogen and oxygen atoms in total. The monoisotopic (exact) mass is 388 g/mol. The lowest BCUT2D eigenvalue weighted by molar-refractivity contribution is -0.142. The van der Waals surface area contributed by atoms with Crippen LogP contribution in [0.5, 0.6) is 0 Å². The lowest BCUT2D eigenvalue weighted by atomic mass is 9.97. The molecule has 0 spiro atoms. The van der Waals surface area contributed by atoms with E-state index in [1.54, 1.807) is 0 Å². The molecule has 0 fully saturated rings. The van der Waals surface area contributed by atoms with Crippen LogP contribution in [0.1, 0.15) is 44.1 Å². The quantitative estimate of drug-likeness (QED) is 0.354. The maximum absolute atomic E-state index is 12.8. The highest BCUT2D eigenvalue weighted by Gasteiger charge is 2.31. The van der Waals surface area contributed by atoms with E-state index >= 15 is 0 Å². The Bertz CT molecular complexity index is 606. The normalized spacial score (nSPS) is 15.9. The Morgan fingerprint density at radius 3 is 2.32 bits per heavy atom. The Morgan fingerprint density at radius 1 is 1.16 bits per heavy atom. The molecule has 0 radical (unpaired) electrons. The summed E-state index contributed by atoms with van der Waals surface area (Å²) in [6.45, 7) is 2.07. The van der Waals surface area contributed by atoms with Gasteiger partial charge in [0.1, 0.15) is 0 Å². The van der Waals surface area contributed by atoms with Gasteiger partial charge in [-0.15, -0.1) is 0 Å². The minimum Gasteiger partial charge on any atom is -0.481 e. The van der Waals surface area contributed by atoms with Crippen LogP contribution in [0.4, 0.5) is 0 Å². The largest absolute Gasteiger partial charge is 0.481 e. The number of hydrogen-bond donors (Lipinski definition) is 3. The average Bonchev–Trinajstić information content (AvgIpc) is 2.59. The highest BCUT2D eigenvalue weighted by atomic mass is 32.7. The first-order valence-corrected chi connectivity index (χ1v) is 11.6. The molecule has 0 amide bonds. The zero-order chi connectivity index (χ0) is 18.9. The zero-order valence-electron chi connectivity index (χ0n) is 14.2. The Kier molecular flexibility index (Phi) is 9.25. The molecule has 3 atom stereocenters. The standard InChI is InChI=1S/C17H25O6PS/c1-13(14-7-3-2-4-8-14)6-5-11-24(22,25-23)12-15(17(20)21)9-10-16(18)19/h2-4,7-8,13,15,23H,5-6,9-12H2,1H3,(H,18,19)(H,20,21). The topological polar surface area (TPSA) is 112 Å². The van der Waals surface area contributed by atoms with Crippen LogP contribution in [-0.2, 0) is 14.2 Å². The van der Waals surface area contributed by atoms with Gasteiger partial charge >= 0.3 is 11.9 Å². The third-order valence-electron chi connectivity index (χ3n) is 4.21. The van der Waals surface area contributed by atoms with E-state index in [0.29, 0.717) is 6.42 Å². The van der Waals surface area contributed by atoms with E-state index in [-0.39, 0.29) is 42.7 Å². The average molecular weight is 388 g/mol. The predicted octanol–water partition coefficient (Wildman–Crippen LogP) is 4.62. The maximum Gasteiger partial charge on any atom is 0.307 e. The Morgan fingerprint density at radius 2 is 1.80 bits per heavy atom. The van der Waals surface area contributed by atoms with Crippen molar-refractivity contribution in [2.24, 2.45) is 5.92 Å². The van der Waals surface area contributed by atoms with Gasteiger partial charge in [0, 0.05) is 18.7 Å². The maximum atomic E-state index is 12.8. The molecule has 0 heterocycles. The summed E-state index contributed by atoms with van der Waals surface area (Å²) in [5, 5.41) is 17.9. The van der Waals surface area contributed by atoms with E-state index in [4.69, 9.17) is 5.11 Å². The van der Waals surface area contributed by atoms with Crippen LogP contribution in [0.25, 0.3) is 0 Å². The molecule has 0 aromatic heterocycles.